The molecular weight excluding hydrogens is 288 g/mol. The number of phenols is 1. The lowest BCUT2D eigenvalue weighted by atomic mass is 10.0. The van der Waals surface area contributed by atoms with Crippen LogP contribution in [0.15, 0.2) is 75.1 Å². The third kappa shape index (κ3) is 3.08. The second-order valence-electron chi connectivity index (χ2n) is 5.13. The first kappa shape index (κ1) is 14.8. The smallest absolute Gasteiger partial charge is 0.151 e. The predicted octanol–water partition coefficient (Wildman–Crippen LogP) is 5.98. The predicted molar refractivity (Wildman–Crippen MR) is 91.4 cm³/mol. The Balaban J connectivity index is 1.97. The van der Waals surface area contributed by atoms with Gasteiger partial charge in [-0.15, -0.1) is 5.11 Å². The van der Waals surface area contributed by atoms with Crippen molar-refractivity contribution in [3.63, 3.8) is 0 Å². The zero-order valence-electron chi connectivity index (χ0n) is 12.9. The number of aryl methyl sites for hydroxylation is 1. The van der Waals surface area contributed by atoms with E-state index in [0.29, 0.717) is 11.4 Å². The summed E-state index contributed by atoms with van der Waals surface area (Å²) in [7, 11) is 1.62. The van der Waals surface area contributed by atoms with Crippen LogP contribution in [0, 0.1) is 6.92 Å². The molecule has 0 aromatic heterocycles. The molecule has 0 aliphatic rings. The molecule has 0 bridgehead atoms. The quantitative estimate of drug-likeness (QED) is 0.594. The van der Waals surface area contributed by atoms with Gasteiger partial charge in [-0.05, 0) is 48.2 Å². The molecule has 23 heavy (non-hydrogen) atoms. The van der Waals surface area contributed by atoms with Crippen LogP contribution in [-0.4, -0.2) is 12.2 Å². The van der Waals surface area contributed by atoms with E-state index in [0.717, 1.165) is 22.0 Å². The van der Waals surface area contributed by atoms with Crippen LogP contribution in [0.4, 0.5) is 17.1 Å². The van der Waals surface area contributed by atoms with Gasteiger partial charge >= 0.3 is 0 Å². The molecule has 5 nitrogen and oxygen atoms in total. The van der Waals surface area contributed by atoms with Crippen molar-refractivity contribution in [2.45, 2.75) is 6.92 Å². The van der Waals surface area contributed by atoms with Crippen LogP contribution in [0.2, 0.25) is 0 Å². The standard InChI is InChI=1S/C18H16N4O/c1-12-11-13-5-3-4-6-16(13)18(23)17(12)22-21-15-9-7-14(8-10-15)20-19-2/h3-11,23H,1-2H3. The van der Waals surface area contributed by atoms with Crippen LogP contribution in [0.1, 0.15) is 5.56 Å². The Morgan fingerprint density at radius 2 is 1.48 bits per heavy atom. The van der Waals surface area contributed by atoms with E-state index in [-0.39, 0.29) is 5.75 Å². The molecule has 0 amide bonds. The molecular formula is C18H16N4O. The number of fused-ring (bicyclic) bond motifs is 1. The normalized spacial score (nSPS) is 11.7. The Kier molecular flexibility index (Phi) is 4.10. The molecule has 0 spiro atoms. The first-order valence-electron chi connectivity index (χ1n) is 7.22. The summed E-state index contributed by atoms with van der Waals surface area (Å²) >= 11 is 0. The van der Waals surface area contributed by atoms with E-state index in [1.54, 1.807) is 19.2 Å². The van der Waals surface area contributed by atoms with E-state index in [9.17, 15) is 5.11 Å². The van der Waals surface area contributed by atoms with Gasteiger partial charge in [-0.3, -0.25) is 0 Å². The summed E-state index contributed by atoms with van der Waals surface area (Å²) in [6.45, 7) is 1.91. The maximum atomic E-state index is 10.4. The van der Waals surface area contributed by atoms with Gasteiger partial charge in [-0.25, -0.2) is 0 Å². The molecule has 0 heterocycles. The number of rotatable bonds is 3. The fraction of sp³-hybridized carbons (Fsp3) is 0.111. The van der Waals surface area contributed by atoms with Crippen molar-refractivity contribution in [3.05, 3.63) is 60.2 Å². The zero-order valence-corrected chi connectivity index (χ0v) is 12.9. The van der Waals surface area contributed by atoms with E-state index in [4.69, 9.17) is 0 Å². The van der Waals surface area contributed by atoms with E-state index in [1.165, 1.54) is 0 Å². The molecule has 3 rings (SSSR count). The van der Waals surface area contributed by atoms with Crippen molar-refractivity contribution in [2.75, 3.05) is 7.05 Å². The van der Waals surface area contributed by atoms with Crippen LogP contribution in [0.3, 0.4) is 0 Å². The Morgan fingerprint density at radius 1 is 0.826 bits per heavy atom. The summed E-state index contributed by atoms with van der Waals surface area (Å²) in [4.78, 5) is 0. The molecule has 0 saturated carbocycles. The maximum absolute atomic E-state index is 10.4. The molecule has 0 atom stereocenters. The minimum atomic E-state index is 0.153. The summed E-state index contributed by atoms with van der Waals surface area (Å²) in [6.07, 6.45) is 0. The lowest BCUT2D eigenvalue weighted by Gasteiger charge is -2.07. The molecule has 0 aliphatic carbocycles. The lowest BCUT2D eigenvalue weighted by molar-refractivity contribution is 0.482. The summed E-state index contributed by atoms with van der Waals surface area (Å²) < 4.78 is 0. The van der Waals surface area contributed by atoms with Gasteiger partial charge in [-0.1, -0.05) is 24.3 Å². The van der Waals surface area contributed by atoms with Gasteiger partial charge in [0.25, 0.3) is 0 Å². The van der Waals surface area contributed by atoms with E-state index in [1.807, 2.05) is 49.4 Å². The lowest BCUT2D eigenvalue weighted by Crippen LogP contribution is -1.80. The zero-order chi connectivity index (χ0) is 16.2. The molecule has 3 aromatic rings. The van der Waals surface area contributed by atoms with Crippen molar-refractivity contribution in [1.82, 2.24) is 0 Å². The van der Waals surface area contributed by atoms with Gasteiger partial charge in [0, 0.05) is 12.4 Å². The summed E-state index contributed by atoms with van der Waals surface area (Å²) in [5.74, 6) is 0.153. The molecule has 114 valence electrons. The summed E-state index contributed by atoms with van der Waals surface area (Å²) in [5, 5.41) is 28.3. The summed E-state index contributed by atoms with van der Waals surface area (Å²) in [5.41, 5.74) is 2.81. The molecule has 0 radical (unpaired) electrons. The highest BCUT2D eigenvalue weighted by atomic mass is 16.3. The van der Waals surface area contributed by atoms with Gasteiger partial charge in [-0.2, -0.15) is 15.3 Å². The van der Waals surface area contributed by atoms with Crippen molar-refractivity contribution >= 4 is 27.8 Å². The van der Waals surface area contributed by atoms with Gasteiger partial charge in [0.05, 0.1) is 11.4 Å². The number of hydrogen-bond donors (Lipinski definition) is 1. The molecule has 0 aliphatic heterocycles. The van der Waals surface area contributed by atoms with E-state index in [2.05, 4.69) is 20.5 Å². The van der Waals surface area contributed by atoms with Gasteiger partial charge in [0.2, 0.25) is 0 Å². The van der Waals surface area contributed by atoms with Crippen LogP contribution < -0.4 is 0 Å². The van der Waals surface area contributed by atoms with Crippen molar-refractivity contribution in [1.29, 1.82) is 0 Å². The largest absolute Gasteiger partial charge is 0.505 e. The van der Waals surface area contributed by atoms with Crippen molar-refractivity contribution in [3.8, 4) is 5.75 Å². The molecule has 1 N–H and O–H groups in total. The Labute approximate surface area is 134 Å². The fourth-order valence-corrected chi connectivity index (χ4v) is 2.39. The highest BCUT2D eigenvalue weighted by Gasteiger charge is 2.09. The minimum absolute atomic E-state index is 0.153. The van der Waals surface area contributed by atoms with Gasteiger partial charge in [0.1, 0.15) is 5.69 Å². The first-order valence-corrected chi connectivity index (χ1v) is 7.22. The number of aromatic hydroxyl groups is 1. The Morgan fingerprint density at radius 3 is 2.17 bits per heavy atom. The average molecular weight is 304 g/mol. The molecule has 3 aromatic carbocycles. The Hall–Kier alpha value is -3.08. The third-order valence-electron chi connectivity index (χ3n) is 3.52. The highest BCUT2D eigenvalue weighted by molar-refractivity contribution is 5.93. The number of benzene rings is 3. The van der Waals surface area contributed by atoms with Crippen LogP contribution >= 0.6 is 0 Å². The van der Waals surface area contributed by atoms with Gasteiger partial charge < -0.3 is 5.11 Å². The molecule has 0 saturated heterocycles. The molecule has 0 unspecified atom stereocenters. The number of nitrogens with zero attached hydrogens (tertiary/aromatic N) is 4. The second kappa shape index (κ2) is 6.36. The summed E-state index contributed by atoms with van der Waals surface area (Å²) in [6, 6.07) is 16.9. The minimum Gasteiger partial charge on any atom is -0.505 e. The maximum Gasteiger partial charge on any atom is 0.151 e. The number of azo groups is 2. The fourth-order valence-electron chi connectivity index (χ4n) is 2.39. The highest BCUT2D eigenvalue weighted by Crippen LogP contribution is 2.38. The van der Waals surface area contributed by atoms with Crippen LogP contribution in [0.25, 0.3) is 10.8 Å². The number of hydrogen-bond acceptors (Lipinski definition) is 5. The molecule has 5 heteroatoms. The SMILES string of the molecule is CN=Nc1ccc(N=Nc2c(C)cc3ccccc3c2O)cc1. The first-order chi connectivity index (χ1) is 11.2. The van der Waals surface area contributed by atoms with Gasteiger partial charge in [0.15, 0.2) is 5.75 Å². The van der Waals surface area contributed by atoms with E-state index < -0.39 is 0 Å². The topological polar surface area (TPSA) is 69.7 Å². The third-order valence-corrected chi connectivity index (χ3v) is 3.52. The van der Waals surface area contributed by atoms with Crippen molar-refractivity contribution in [2.24, 2.45) is 20.5 Å². The second-order valence-corrected chi connectivity index (χ2v) is 5.13. The van der Waals surface area contributed by atoms with E-state index >= 15 is 0 Å². The molecule has 0 fully saturated rings. The Bertz CT molecular complexity index is 899. The monoisotopic (exact) mass is 304 g/mol. The van der Waals surface area contributed by atoms with Crippen molar-refractivity contribution < 1.29 is 5.11 Å². The average Bonchev–Trinajstić information content (AvgIpc) is 2.56. The number of phenolic OH excluding ortho intramolecular Hbond substituents is 1. The van der Waals surface area contributed by atoms with Crippen LogP contribution in [-0.2, 0) is 0 Å². The van der Waals surface area contributed by atoms with Crippen LogP contribution in [0.5, 0.6) is 5.75 Å².